The van der Waals surface area contributed by atoms with E-state index in [1.807, 2.05) is 12.1 Å². The predicted octanol–water partition coefficient (Wildman–Crippen LogP) is 4.44. The van der Waals surface area contributed by atoms with Crippen LogP contribution in [0.15, 0.2) is 76.6 Å². The summed E-state index contributed by atoms with van der Waals surface area (Å²) < 4.78 is 11.5. The molecule has 2 amide bonds. The van der Waals surface area contributed by atoms with Crippen LogP contribution < -0.4 is 15.0 Å². The second-order valence-electron chi connectivity index (χ2n) is 9.26. The summed E-state index contributed by atoms with van der Waals surface area (Å²) in [6.07, 6.45) is 4.40. The summed E-state index contributed by atoms with van der Waals surface area (Å²) in [7, 11) is 3.02. The number of hydrogen-bond acceptors (Lipinski definition) is 8. The Kier molecular flexibility index (Phi) is 8.93. The van der Waals surface area contributed by atoms with Crippen molar-refractivity contribution in [2.24, 2.45) is 0 Å². The number of aromatic hydroxyl groups is 1. The zero-order valence-corrected chi connectivity index (χ0v) is 24.0. The van der Waals surface area contributed by atoms with E-state index in [9.17, 15) is 30.0 Å². The molecule has 43 heavy (non-hydrogen) atoms. The number of carbonyl (C=O) groups is 2. The number of pyridine rings is 1. The fourth-order valence-corrected chi connectivity index (χ4v) is 4.91. The Morgan fingerprint density at radius 2 is 1.42 bits per heavy atom. The van der Waals surface area contributed by atoms with Gasteiger partial charge in [-0.2, -0.15) is 10.5 Å². The topological polar surface area (TPSA) is 146 Å². The van der Waals surface area contributed by atoms with Crippen LogP contribution in [0, 0.1) is 22.7 Å². The highest BCUT2D eigenvalue weighted by atomic mass is 16.5. The van der Waals surface area contributed by atoms with Crippen molar-refractivity contribution in [1.82, 2.24) is 9.47 Å². The molecular formula is C33H28N4O6. The van der Waals surface area contributed by atoms with Gasteiger partial charge >= 0.3 is 0 Å². The SMILES string of the molecule is CCN1C(=O)C(C#N)=C(c2ccc(OC)cc2)/C(=C\C=C/c2c(-c3ccc(OC)cc3)c(C#N)c(=O)n(CC)c2O)C1=O. The summed E-state index contributed by atoms with van der Waals surface area (Å²) >= 11 is 0. The van der Waals surface area contributed by atoms with Crippen LogP contribution >= 0.6 is 0 Å². The second kappa shape index (κ2) is 12.8. The van der Waals surface area contributed by atoms with Gasteiger partial charge in [-0.05, 0) is 61.4 Å². The molecule has 0 bridgehead atoms. The lowest BCUT2D eigenvalue weighted by Crippen LogP contribution is -2.42. The second-order valence-corrected chi connectivity index (χ2v) is 9.26. The van der Waals surface area contributed by atoms with Crippen LogP contribution in [-0.2, 0) is 16.1 Å². The van der Waals surface area contributed by atoms with E-state index in [0.717, 1.165) is 9.47 Å². The minimum atomic E-state index is -0.699. The summed E-state index contributed by atoms with van der Waals surface area (Å²) in [5, 5.41) is 31.1. The molecule has 0 atom stereocenters. The van der Waals surface area contributed by atoms with E-state index >= 15 is 0 Å². The highest BCUT2D eigenvalue weighted by Crippen LogP contribution is 2.36. The lowest BCUT2D eigenvalue weighted by molar-refractivity contribution is -0.139. The summed E-state index contributed by atoms with van der Waals surface area (Å²) in [5.74, 6) is -0.547. The van der Waals surface area contributed by atoms with E-state index in [-0.39, 0.29) is 52.4 Å². The molecule has 0 radical (unpaired) electrons. The number of methoxy groups -OCH3 is 2. The van der Waals surface area contributed by atoms with E-state index < -0.39 is 17.4 Å². The van der Waals surface area contributed by atoms with E-state index in [1.165, 1.54) is 32.4 Å². The summed E-state index contributed by atoms with van der Waals surface area (Å²) in [4.78, 5) is 40.7. The molecule has 1 aliphatic rings. The first kappa shape index (κ1) is 30.1. The Bertz CT molecular complexity index is 1830. The lowest BCUT2D eigenvalue weighted by atomic mass is 9.88. The van der Waals surface area contributed by atoms with Crippen molar-refractivity contribution in [2.45, 2.75) is 20.4 Å². The van der Waals surface area contributed by atoms with E-state index in [1.54, 1.807) is 62.4 Å². The zero-order chi connectivity index (χ0) is 31.3. The van der Waals surface area contributed by atoms with Crippen molar-refractivity contribution in [3.05, 3.63) is 98.9 Å². The Hall–Kier alpha value is -5.87. The number of imide groups is 1. The van der Waals surface area contributed by atoms with Gasteiger partial charge in [0.1, 0.15) is 34.8 Å². The number of nitriles is 2. The number of rotatable bonds is 8. The fraction of sp³-hybridized carbons (Fsp3) is 0.182. The van der Waals surface area contributed by atoms with Crippen LogP contribution in [-0.4, -0.2) is 47.2 Å². The molecule has 10 heteroatoms. The van der Waals surface area contributed by atoms with Crippen molar-refractivity contribution in [2.75, 3.05) is 20.8 Å². The Morgan fingerprint density at radius 3 is 1.91 bits per heavy atom. The average molecular weight is 577 g/mol. The number of allylic oxidation sites excluding steroid dienone is 2. The molecule has 2 aromatic carbocycles. The molecule has 1 aliphatic heterocycles. The van der Waals surface area contributed by atoms with Crippen molar-refractivity contribution >= 4 is 23.5 Å². The largest absolute Gasteiger partial charge is 0.497 e. The van der Waals surface area contributed by atoms with E-state index in [4.69, 9.17) is 9.47 Å². The third-order valence-corrected chi connectivity index (χ3v) is 7.07. The first-order valence-corrected chi connectivity index (χ1v) is 13.3. The maximum Gasteiger partial charge on any atom is 0.272 e. The molecule has 2 heterocycles. The van der Waals surface area contributed by atoms with Gasteiger partial charge in [0.2, 0.25) is 5.88 Å². The first-order chi connectivity index (χ1) is 20.8. The molecule has 1 aromatic heterocycles. The molecule has 0 aliphatic carbocycles. The van der Waals surface area contributed by atoms with Crippen LogP contribution in [0.5, 0.6) is 17.4 Å². The van der Waals surface area contributed by atoms with Gasteiger partial charge in [-0.1, -0.05) is 30.3 Å². The smallest absolute Gasteiger partial charge is 0.272 e. The van der Waals surface area contributed by atoms with Crippen LogP contribution in [0.2, 0.25) is 0 Å². The molecule has 4 rings (SSSR count). The van der Waals surface area contributed by atoms with E-state index in [0.29, 0.717) is 22.6 Å². The van der Waals surface area contributed by atoms with Gasteiger partial charge < -0.3 is 14.6 Å². The van der Waals surface area contributed by atoms with Gasteiger partial charge in [0.15, 0.2) is 0 Å². The average Bonchev–Trinajstić information content (AvgIpc) is 3.03. The highest BCUT2D eigenvalue weighted by molar-refractivity contribution is 6.27. The van der Waals surface area contributed by atoms with Gasteiger partial charge in [0.25, 0.3) is 17.4 Å². The van der Waals surface area contributed by atoms with Crippen LogP contribution in [0.25, 0.3) is 22.8 Å². The maximum absolute atomic E-state index is 13.5. The quantitative estimate of drug-likeness (QED) is 0.306. The van der Waals surface area contributed by atoms with Gasteiger partial charge in [-0.25, -0.2) is 0 Å². The first-order valence-electron chi connectivity index (χ1n) is 13.3. The van der Waals surface area contributed by atoms with Crippen molar-refractivity contribution < 1.29 is 24.2 Å². The van der Waals surface area contributed by atoms with Crippen LogP contribution in [0.3, 0.4) is 0 Å². The van der Waals surface area contributed by atoms with Crippen molar-refractivity contribution in [3.8, 4) is 40.6 Å². The van der Waals surface area contributed by atoms with Gasteiger partial charge in [-0.3, -0.25) is 23.9 Å². The molecule has 216 valence electrons. The molecule has 10 nitrogen and oxygen atoms in total. The van der Waals surface area contributed by atoms with Crippen molar-refractivity contribution in [1.29, 1.82) is 10.5 Å². The number of aromatic nitrogens is 1. The number of hydrogen-bond donors (Lipinski definition) is 1. The number of nitrogens with zero attached hydrogens (tertiary/aromatic N) is 4. The van der Waals surface area contributed by atoms with Crippen molar-refractivity contribution in [3.63, 3.8) is 0 Å². The molecule has 0 spiro atoms. The standard InChI is InChI=1S/C33H28N4O6/c1-5-36-30(38)24(28(26(18-34)32(36)40)20-10-14-22(42-3)15-11-20)8-7-9-25-29(21-12-16-23(43-4)17-13-21)27(19-35)33(41)37(6-2)31(25)39/h7-17,38H,5-6H2,1-4H3/b8-7-,25-9+. The van der Waals surface area contributed by atoms with Gasteiger partial charge in [0, 0.05) is 35.4 Å². The third kappa shape index (κ3) is 5.42. The fourth-order valence-electron chi connectivity index (χ4n) is 4.91. The zero-order valence-electron chi connectivity index (χ0n) is 24.0. The third-order valence-electron chi connectivity index (χ3n) is 7.07. The minimum Gasteiger partial charge on any atom is -0.497 e. The summed E-state index contributed by atoms with van der Waals surface area (Å²) in [6, 6.07) is 17.2. The minimum absolute atomic E-state index is 0.0508. The summed E-state index contributed by atoms with van der Waals surface area (Å²) in [6.45, 7) is 3.45. The van der Waals surface area contributed by atoms with Gasteiger partial charge in [0.05, 0.1) is 14.2 Å². The number of amides is 2. The molecule has 0 fully saturated rings. The predicted molar refractivity (Wildman–Crippen MR) is 160 cm³/mol. The molecular weight excluding hydrogens is 548 g/mol. The molecule has 1 N–H and O–H groups in total. The number of ether oxygens (including phenoxy) is 2. The molecule has 3 aromatic rings. The molecule has 0 saturated carbocycles. The normalized spacial score (nSPS) is 14.3. The van der Waals surface area contributed by atoms with E-state index in [2.05, 4.69) is 0 Å². The number of carbonyl (C=O) groups excluding carboxylic acids is 2. The molecule has 0 unspecified atom stereocenters. The maximum atomic E-state index is 13.5. The van der Waals surface area contributed by atoms with Crippen LogP contribution in [0.4, 0.5) is 0 Å². The highest BCUT2D eigenvalue weighted by Gasteiger charge is 2.36. The number of benzene rings is 2. The Labute approximate surface area is 248 Å². The van der Waals surface area contributed by atoms with Gasteiger partial charge in [-0.15, -0.1) is 0 Å². The lowest BCUT2D eigenvalue weighted by Gasteiger charge is -2.27. The monoisotopic (exact) mass is 576 g/mol. The Balaban J connectivity index is 1.97. The number of likely N-dealkylation sites (N-methyl/N-ethyl adjacent to an activating group) is 1. The Morgan fingerprint density at radius 1 is 0.837 bits per heavy atom. The summed E-state index contributed by atoms with van der Waals surface area (Å²) in [5.41, 5.74) is 0.549. The molecule has 0 saturated heterocycles. The van der Waals surface area contributed by atoms with Crippen LogP contribution in [0.1, 0.15) is 30.5 Å².